The van der Waals surface area contributed by atoms with Crippen LogP contribution in [0.5, 0.6) is 5.75 Å². The Labute approximate surface area is 132 Å². The molecule has 1 aromatic carbocycles. The second-order valence-electron chi connectivity index (χ2n) is 6.12. The highest BCUT2D eigenvalue weighted by Gasteiger charge is 2.24. The number of rotatable bonds is 5. The molecule has 4 nitrogen and oxygen atoms in total. The molecule has 1 aliphatic heterocycles. The van der Waals surface area contributed by atoms with E-state index >= 15 is 0 Å². The van der Waals surface area contributed by atoms with Crippen molar-refractivity contribution in [1.29, 1.82) is 0 Å². The number of hydrogen-bond acceptors (Lipinski definition) is 3. The van der Waals surface area contributed by atoms with Crippen molar-refractivity contribution in [2.75, 3.05) is 33.3 Å². The molecule has 0 unspecified atom stereocenters. The Kier molecular flexibility index (Phi) is 4.50. The van der Waals surface area contributed by atoms with Gasteiger partial charge in [0.2, 0.25) is 0 Å². The van der Waals surface area contributed by atoms with Gasteiger partial charge in [-0.25, -0.2) is 0 Å². The molecular formula is C18H25N3O. The molecule has 1 aromatic heterocycles. The summed E-state index contributed by atoms with van der Waals surface area (Å²) in [5.74, 6) is 0.905. The van der Waals surface area contributed by atoms with Crippen LogP contribution >= 0.6 is 0 Å². The highest BCUT2D eigenvalue weighted by molar-refractivity contribution is 5.85. The van der Waals surface area contributed by atoms with Crippen molar-refractivity contribution in [3.8, 4) is 5.75 Å². The molecule has 4 heteroatoms. The van der Waals surface area contributed by atoms with Gasteiger partial charge in [-0.15, -0.1) is 6.58 Å². The van der Waals surface area contributed by atoms with Crippen LogP contribution in [0.15, 0.2) is 36.5 Å². The van der Waals surface area contributed by atoms with Gasteiger partial charge in [-0.1, -0.05) is 5.57 Å². The molecule has 0 amide bonds. The van der Waals surface area contributed by atoms with Gasteiger partial charge in [-0.05, 0) is 37.1 Å². The summed E-state index contributed by atoms with van der Waals surface area (Å²) in [5, 5.41) is 4.69. The van der Waals surface area contributed by atoms with Crippen molar-refractivity contribution < 1.29 is 4.74 Å². The number of fused-ring (bicyclic) bond motifs is 1. The number of methoxy groups -OCH3 is 1. The smallest absolute Gasteiger partial charge is 0.119 e. The molecule has 2 heterocycles. The summed E-state index contributed by atoms with van der Waals surface area (Å²) in [6.07, 6.45) is 3.14. The van der Waals surface area contributed by atoms with E-state index in [9.17, 15) is 0 Å². The maximum Gasteiger partial charge on any atom is 0.119 e. The number of aromatic amines is 1. The van der Waals surface area contributed by atoms with Gasteiger partial charge >= 0.3 is 0 Å². The van der Waals surface area contributed by atoms with Crippen LogP contribution in [0.25, 0.3) is 10.9 Å². The summed E-state index contributed by atoms with van der Waals surface area (Å²) in [6.45, 7) is 10.5. The minimum atomic E-state index is 0.375. The van der Waals surface area contributed by atoms with Crippen LogP contribution < -0.4 is 10.1 Å². The Morgan fingerprint density at radius 1 is 1.36 bits per heavy atom. The molecule has 0 saturated carbocycles. The predicted octanol–water partition coefficient (Wildman–Crippen LogP) is 3.09. The average molecular weight is 299 g/mol. The van der Waals surface area contributed by atoms with Gasteiger partial charge in [0, 0.05) is 49.3 Å². The molecule has 1 saturated heterocycles. The van der Waals surface area contributed by atoms with Crippen molar-refractivity contribution in [1.82, 2.24) is 15.2 Å². The monoisotopic (exact) mass is 299 g/mol. The van der Waals surface area contributed by atoms with Crippen LogP contribution in [0.4, 0.5) is 0 Å². The molecule has 22 heavy (non-hydrogen) atoms. The quantitative estimate of drug-likeness (QED) is 0.834. The normalized spacial score (nSPS) is 17.5. The number of H-pyrrole nitrogens is 1. The molecule has 2 aromatic rings. The van der Waals surface area contributed by atoms with E-state index in [-0.39, 0.29) is 0 Å². The Hall–Kier alpha value is -1.78. The van der Waals surface area contributed by atoms with Gasteiger partial charge in [-0.3, -0.25) is 4.90 Å². The fourth-order valence-electron chi connectivity index (χ4n) is 3.28. The zero-order valence-electron chi connectivity index (χ0n) is 13.5. The average Bonchev–Trinajstić information content (AvgIpc) is 2.96. The first kappa shape index (κ1) is 15.1. The minimum absolute atomic E-state index is 0.375. The largest absolute Gasteiger partial charge is 0.497 e. The first-order valence-corrected chi connectivity index (χ1v) is 7.93. The van der Waals surface area contributed by atoms with E-state index in [0.717, 1.165) is 43.9 Å². The highest BCUT2D eigenvalue weighted by Crippen LogP contribution is 2.34. The molecular weight excluding hydrogens is 274 g/mol. The van der Waals surface area contributed by atoms with Crippen LogP contribution in [0.1, 0.15) is 24.9 Å². The summed E-state index contributed by atoms with van der Waals surface area (Å²) >= 11 is 0. The molecule has 118 valence electrons. The zero-order chi connectivity index (χ0) is 15.5. The van der Waals surface area contributed by atoms with Crippen molar-refractivity contribution in [2.24, 2.45) is 0 Å². The van der Waals surface area contributed by atoms with E-state index < -0.39 is 0 Å². The third kappa shape index (κ3) is 3.03. The Balaban J connectivity index is 2.00. The molecule has 0 radical (unpaired) electrons. The maximum atomic E-state index is 5.40. The van der Waals surface area contributed by atoms with Crippen molar-refractivity contribution in [3.63, 3.8) is 0 Å². The number of hydrogen-bond donors (Lipinski definition) is 2. The van der Waals surface area contributed by atoms with Gasteiger partial charge in [0.1, 0.15) is 5.75 Å². The Morgan fingerprint density at radius 3 is 2.82 bits per heavy atom. The second kappa shape index (κ2) is 6.55. The molecule has 0 aliphatic carbocycles. The van der Waals surface area contributed by atoms with Crippen molar-refractivity contribution in [2.45, 2.75) is 19.4 Å². The molecule has 3 rings (SSSR count). The molecule has 1 atom stereocenters. The van der Waals surface area contributed by atoms with E-state index in [1.807, 2.05) is 6.07 Å². The summed E-state index contributed by atoms with van der Waals surface area (Å²) in [6, 6.07) is 6.60. The minimum Gasteiger partial charge on any atom is -0.497 e. The van der Waals surface area contributed by atoms with Gasteiger partial charge in [0.05, 0.1) is 7.11 Å². The standard InChI is InChI=1S/C18H25N3O/c1-13(2)10-18(21-8-6-19-7-9-21)16-12-20-17-5-4-14(22-3)11-15(16)17/h4-5,11-12,18-20H,1,6-10H2,2-3H3/t18-/m1/s1. The lowest BCUT2D eigenvalue weighted by molar-refractivity contribution is 0.173. The molecule has 0 bridgehead atoms. The van der Waals surface area contributed by atoms with Gasteiger partial charge in [-0.2, -0.15) is 0 Å². The first-order valence-electron chi connectivity index (χ1n) is 7.93. The SMILES string of the molecule is C=C(C)C[C@H](c1c[nH]c2ccc(OC)cc12)N1CCNCC1. The molecule has 1 aliphatic rings. The molecule has 0 spiro atoms. The zero-order valence-corrected chi connectivity index (χ0v) is 13.5. The van der Waals surface area contributed by atoms with Crippen LogP contribution in [0.3, 0.4) is 0 Å². The fourth-order valence-corrected chi connectivity index (χ4v) is 3.28. The molecule has 1 fully saturated rings. The topological polar surface area (TPSA) is 40.3 Å². The Morgan fingerprint density at radius 2 is 2.14 bits per heavy atom. The van der Waals surface area contributed by atoms with E-state index in [0.29, 0.717) is 6.04 Å². The van der Waals surface area contributed by atoms with Crippen LogP contribution in [-0.4, -0.2) is 43.2 Å². The first-order chi connectivity index (χ1) is 10.7. The number of aromatic nitrogens is 1. The van der Waals surface area contributed by atoms with E-state index in [1.165, 1.54) is 16.5 Å². The fraction of sp³-hybridized carbons (Fsp3) is 0.444. The van der Waals surface area contributed by atoms with E-state index in [1.54, 1.807) is 7.11 Å². The van der Waals surface area contributed by atoms with E-state index in [2.05, 4.69) is 47.0 Å². The van der Waals surface area contributed by atoms with Gasteiger partial charge < -0.3 is 15.0 Å². The lowest BCUT2D eigenvalue weighted by Gasteiger charge is -2.35. The van der Waals surface area contributed by atoms with Gasteiger partial charge in [0.25, 0.3) is 0 Å². The number of piperazine rings is 1. The number of benzene rings is 1. The summed E-state index contributed by atoms with van der Waals surface area (Å²) in [4.78, 5) is 5.97. The van der Waals surface area contributed by atoms with Crippen LogP contribution in [0.2, 0.25) is 0 Å². The van der Waals surface area contributed by atoms with Crippen LogP contribution in [-0.2, 0) is 0 Å². The highest BCUT2D eigenvalue weighted by atomic mass is 16.5. The van der Waals surface area contributed by atoms with Crippen molar-refractivity contribution in [3.05, 3.63) is 42.1 Å². The summed E-state index contributed by atoms with van der Waals surface area (Å²) < 4.78 is 5.40. The summed E-state index contributed by atoms with van der Waals surface area (Å²) in [5.41, 5.74) is 3.73. The maximum absolute atomic E-state index is 5.40. The van der Waals surface area contributed by atoms with Gasteiger partial charge in [0.15, 0.2) is 0 Å². The Bertz CT molecular complexity index is 655. The third-order valence-electron chi connectivity index (χ3n) is 4.41. The van der Waals surface area contributed by atoms with E-state index in [4.69, 9.17) is 4.74 Å². The number of nitrogens with zero attached hydrogens (tertiary/aromatic N) is 1. The molecule has 2 N–H and O–H groups in total. The predicted molar refractivity (Wildman–Crippen MR) is 91.5 cm³/mol. The third-order valence-corrected chi connectivity index (χ3v) is 4.41. The lowest BCUT2D eigenvalue weighted by atomic mass is 9.97. The van der Waals surface area contributed by atoms with Crippen molar-refractivity contribution >= 4 is 10.9 Å². The van der Waals surface area contributed by atoms with Crippen LogP contribution in [0, 0.1) is 0 Å². The number of nitrogens with one attached hydrogen (secondary N) is 2. The lowest BCUT2D eigenvalue weighted by Crippen LogP contribution is -2.45. The number of ether oxygens (including phenoxy) is 1. The summed E-state index contributed by atoms with van der Waals surface area (Å²) in [7, 11) is 1.72. The second-order valence-corrected chi connectivity index (χ2v) is 6.12.